The van der Waals surface area contributed by atoms with Crippen molar-refractivity contribution in [3.05, 3.63) is 348 Å². The van der Waals surface area contributed by atoms with Crippen LogP contribution in [0, 0.1) is 0 Å². The Balaban J connectivity index is 1.05. The van der Waals surface area contributed by atoms with Crippen molar-refractivity contribution in [2.75, 3.05) is 0 Å². The Morgan fingerprint density at radius 3 is 1.00 bits per heavy atom. The van der Waals surface area contributed by atoms with Crippen LogP contribution in [0.4, 0.5) is 0 Å². The number of benzene rings is 14. The zero-order chi connectivity index (χ0) is 51.4. The molecular formula is C78H50. The monoisotopic (exact) mass is 986 g/mol. The fourth-order valence-electron chi connectivity index (χ4n) is 14.4. The molecular weight excluding hydrogens is 937 g/mol. The molecule has 0 aromatic heterocycles. The Hall–Kier alpha value is -9.88. The molecule has 0 spiro atoms. The van der Waals surface area contributed by atoms with Crippen molar-refractivity contribution in [2.45, 2.75) is 10.8 Å². The van der Waals surface area contributed by atoms with Gasteiger partial charge in [-0.25, -0.2) is 0 Å². The van der Waals surface area contributed by atoms with E-state index in [0.717, 1.165) is 0 Å². The molecule has 16 rings (SSSR count). The fourth-order valence-corrected chi connectivity index (χ4v) is 14.4. The Labute approximate surface area is 454 Å². The summed E-state index contributed by atoms with van der Waals surface area (Å²) in [7, 11) is 0. The van der Waals surface area contributed by atoms with E-state index in [4.69, 9.17) is 0 Å². The summed E-state index contributed by atoms with van der Waals surface area (Å²) in [6.07, 6.45) is 0. The minimum absolute atomic E-state index is 0.546. The van der Waals surface area contributed by atoms with Gasteiger partial charge in [0.2, 0.25) is 0 Å². The van der Waals surface area contributed by atoms with E-state index >= 15 is 0 Å². The molecule has 362 valence electrons. The molecule has 14 aromatic rings. The van der Waals surface area contributed by atoms with Gasteiger partial charge in [0.05, 0.1) is 10.8 Å². The molecule has 0 heteroatoms. The first-order valence-electron chi connectivity index (χ1n) is 27.3. The maximum atomic E-state index is 2.56. The summed E-state index contributed by atoms with van der Waals surface area (Å²) < 4.78 is 0. The standard InChI is InChI=1S/C78H50/c1-6-24-51(25-7-1)66-46-52-26-16-17-35-59(52)67-49-69-70(50-68(66)67)76(54-43-45-63-61-37-21-23-41-72(61)78(74(63)48-54,57-31-12-4-13-32-57)58-33-14-5-15-34-58)65-39-19-18-38-64(65)75(69)53-42-44-62-60-36-20-22-40-71(60)77(73(62)47-53,55-27-8-2-9-28-55)56-29-10-3-11-30-56/h1-50H. The molecule has 0 radical (unpaired) electrons. The third kappa shape index (κ3) is 6.23. The molecule has 0 amide bonds. The predicted octanol–water partition coefficient (Wildman–Crippen LogP) is 20.0. The lowest BCUT2D eigenvalue weighted by Gasteiger charge is -2.34. The van der Waals surface area contributed by atoms with E-state index < -0.39 is 10.8 Å². The van der Waals surface area contributed by atoms with E-state index in [0.29, 0.717) is 0 Å². The van der Waals surface area contributed by atoms with Crippen molar-refractivity contribution in [1.29, 1.82) is 0 Å². The van der Waals surface area contributed by atoms with E-state index in [-0.39, 0.29) is 0 Å². The predicted molar refractivity (Wildman–Crippen MR) is 327 cm³/mol. The van der Waals surface area contributed by atoms with Crippen LogP contribution in [0.2, 0.25) is 0 Å². The second kappa shape index (κ2) is 17.3. The van der Waals surface area contributed by atoms with Gasteiger partial charge in [0.25, 0.3) is 0 Å². The first-order valence-corrected chi connectivity index (χ1v) is 27.3. The summed E-state index contributed by atoms with van der Waals surface area (Å²) in [6.45, 7) is 0. The Kier molecular flexibility index (Phi) is 9.87. The van der Waals surface area contributed by atoms with Gasteiger partial charge in [-0.05, 0) is 174 Å². The van der Waals surface area contributed by atoms with Gasteiger partial charge < -0.3 is 0 Å². The van der Waals surface area contributed by atoms with Crippen molar-refractivity contribution in [1.82, 2.24) is 0 Å². The summed E-state index contributed by atoms with van der Waals surface area (Å²) in [5, 5.41) is 9.87. The second-order valence-corrected chi connectivity index (χ2v) is 21.3. The number of fused-ring (bicyclic) bond motifs is 11. The molecule has 2 aliphatic rings. The highest BCUT2D eigenvalue weighted by Crippen LogP contribution is 2.60. The van der Waals surface area contributed by atoms with Crippen LogP contribution in [-0.4, -0.2) is 0 Å². The molecule has 0 heterocycles. The molecule has 14 aromatic carbocycles. The van der Waals surface area contributed by atoms with Gasteiger partial charge in [-0.15, -0.1) is 0 Å². The Bertz CT molecular complexity index is 4610. The lowest BCUT2D eigenvalue weighted by Crippen LogP contribution is -2.28. The van der Waals surface area contributed by atoms with E-state index in [1.807, 2.05) is 0 Å². The fraction of sp³-hybridized carbons (Fsp3) is 0.0256. The van der Waals surface area contributed by atoms with Gasteiger partial charge >= 0.3 is 0 Å². The third-order valence-electron chi connectivity index (χ3n) is 17.6. The third-order valence-corrected chi connectivity index (χ3v) is 17.6. The van der Waals surface area contributed by atoms with Crippen LogP contribution < -0.4 is 0 Å². The molecule has 0 nitrogen and oxygen atoms in total. The average Bonchev–Trinajstić information content (AvgIpc) is 3.38. The van der Waals surface area contributed by atoms with Gasteiger partial charge in [-0.3, -0.25) is 0 Å². The maximum Gasteiger partial charge on any atom is 0.0713 e. The molecule has 0 unspecified atom stereocenters. The number of hydrogen-bond acceptors (Lipinski definition) is 0. The quantitative estimate of drug-likeness (QED) is 0.110. The van der Waals surface area contributed by atoms with E-state index in [1.54, 1.807) is 0 Å². The zero-order valence-corrected chi connectivity index (χ0v) is 42.9. The highest BCUT2D eigenvalue weighted by molar-refractivity contribution is 6.27. The highest BCUT2D eigenvalue weighted by atomic mass is 14.5. The molecule has 2 aliphatic carbocycles. The second-order valence-electron chi connectivity index (χ2n) is 21.3. The van der Waals surface area contributed by atoms with Crippen LogP contribution in [0.25, 0.3) is 98.7 Å². The molecule has 0 saturated carbocycles. The average molecular weight is 987 g/mol. The van der Waals surface area contributed by atoms with Crippen molar-refractivity contribution < 1.29 is 0 Å². The van der Waals surface area contributed by atoms with Crippen LogP contribution in [0.3, 0.4) is 0 Å². The normalized spacial score (nSPS) is 13.6. The summed E-state index contributed by atoms with van der Waals surface area (Å²) in [6, 6.07) is 114. The summed E-state index contributed by atoms with van der Waals surface area (Å²) >= 11 is 0. The van der Waals surface area contributed by atoms with Crippen LogP contribution in [0.1, 0.15) is 44.5 Å². The number of rotatable bonds is 7. The van der Waals surface area contributed by atoms with E-state index in [9.17, 15) is 0 Å². The van der Waals surface area contributed by atoms with Crippen LogP contribution in [0.15, 0.2) is 303 Å². The van der Waals surface area contributed by atoms with Gasteiger partial charge in [-0.2, -0.15) is 0 Å². The summed E-state index contributed by atoms with van der Waals surface area (Å²) in [5.41, 5.74) is 21.6. The topological polar surface area (TPSA) is 0 Å². The largest absolute Gasteiger partial charge is 0.0713 e. The zero-order valence-electron chi connectivity index (χ0n) is 42.9. The Morgan fingerprint density at radius 1 is 0.179 bits per heavy atom. The van der Waals surface area contributed by atoms with Crippen molar-refractivity contribution >= 4 is 43.1 Å². The first-order chi connectivity index (χ1) is 38.7. The minimum Gasteiger partial charge on any atom is -0.0622 e. The van der Waals surface area contributed by atoms with Gasteiger partial charge in [0.15, 0.2) is 0 Å². The van der Waals surface area contributed by atoms with Crippen LogP contribution >= 0.6 is 0 Å². The van der Waals surface area contributed by atoms with Crippen LogP contribution in [0.5, 0.6) is 0 Å². The SMILES string of the molecule is c1ccc(-c2cc3ccccc3c3cc4c(-c5ccc6c(c5)C(c5ccccc5)(c5ccccc5)c5ccccc5-6)c5ccccc5c(-c5ccc6c(c5)C(c5ccccc5)(c5ccccc5)c5ccccc5-6)c4cc23)cc1. The highest BCUT2D eigenvalue weighted by Gasteiger charge is 2.48. The first kappa shape index (κ1) is 44.4. The summed E-state index contributed by atoms with van der Waals surface area (Å²) in [4.78, 5) is 0. The van der Waals surface area contributed by atoms with Crippen molar-refractivity contribution in [3.8, 4) is 55.6 Å². The lowest BCUT2D eigenvalue weighted by atomic mass is 9.67. The smallest absolute Gasteiger partial charge is 0.0622 e. The minimum atomic E-state index is -0.548. The van der Waals surface area contributed by atoms with Crippen molar-refractivity contribution in [3.63, 3.8) is 0 Å². The molecule has 0 bridgehead atoms. The van der Waals surface area contributed by atoms with Gasteiger partial charge in [0, 0.05) is 0 Å². The molecule has 0 saturated heterocycles. The molecule has 0 fully saturated rings. The molecule has 78 heavy (non-hydrogen) atoms. The molecule has 0 atom stereocenters. The molecule has 0 N–H and O–H groups in total. The summed E-state index contributed by atoms with van der Waals surface area (Å²) in [5.74, 6) is 0. The van der Waals surface area contributed by atoms with E-state index in [2.05, 4.69) is 303 Å². The van der Waals surface area contributed by atoms with Crippen molar-refractivity contribution in [2.24, 2.45) is 0 Å². The maximum absolute atomic E-state index is 2.56. The lowest BCUT2D eigenvalue weighted by molar-refractivity contribution is 0.769. The van der Waals surface area contributed by atoms with Gasteiger partial charge in [-0.1, -0.05) is 273 Å². The molecule has 0 aliphatic heterocycles. The van der Waals surface area contributed by atoms with Gasteiger partial charge in [0.1, 0.15) is 0 Å². The number of hydrogen-bond donors (Lipinski definition) is 0. The van der Waals surface area contributed by atoms with Crippen LogP contribution in [-0.2, 0) is 10.8 Å². The van der Waals surface area contributed by atoms with E-state index in [1.165, 1.54) is 143 Å². The Morgan fingerprint density at radius 2 is 0.538 bits per heavy atom.